The summed E-state index contributed by atoms with van der Waals surface area (Å²) in [5.74, 6) is -0.616. The number of rotatable bonds is 4. The first-order chi connectivity index (χ1) is 12.9. The molecule has 0 spiro atoms. The molecule has 0 fully saturated rings. The first-order valence-corrected chi connectivity index (χ1v) is 9.27. The molecule has 0 aliphatic rings. The highest BCUT2D eigenvalue weighted by Crippen LogP contribution is 2.30. The zero-order valence-corrected chi connectivity index (χ0v) is 16.7. The van der Waals surface area contributed by atoms with Gasteiger partial charge in [0.15, 0.2) is 0 Å². The Morgan fingerprint density at radius 3 is 2.00 bits per heavy atom. The van der Waals surface area contributed by atoms with Gasteiger partial charge in [0.2, 0.25) is 0 Å². The molecule has 0 atom stereocenters. The summed E-state index contributed by atoms with van der Waals surface area (Å²) in [7, 11) is 0. The number of carbonyl (C=O) groups excluding carboxylic acids is 1. The second-order valence-corrected chi connectivity index (χ2v) is 7.23. The second-order valence-electron chi connectivity index (χ2n) is 5.61. The molecule has 0 radical (unpaired) electrons. The molecule has 0 saturated carbocycles. The van der Waals surface area contributed by atoms with Crippen molar-refractivity contribution in [3.05, 3.63) is 96.3 Å². The van der Waals surface area contributed by atoms with Crippen LogP contribution in [0.15, 0.2) is 59.5 Å². The first-order valence-electron chi connectivity index (χ1n) is 7.76. The van der Waals surface area contributed by atoms with Gasteiger partial charge in [0, 0.05) is 21.8 Å². The van der Waals surface area contributed by atoms with Gasteiger partial charge in [0.25, 0.3) is 11.5 Å². The molecule has 0 aliphatic carbocycles. The zero-order valence-electron chi connectivity index (χ0n) is 13.7. The molecule has 3 aromatic rings. The van der Waals surface area contributed by atoms with E-state index in [4.69, 9.17) is 46.4 Å². The van der Waals surface area contributed by atoms with Crippen LogP contribution in [0, 0.1) is 0 Å². The third-order valence-corrected chi connectivity index (χ3v) is 5.19. The molecule has 1 N–H and O–H groups in total. The lowest BCUT2D eigenvalue weighted by Gasteiger charge is -2.12. The fourth-order valence-corrected chi connectivity index (χ4v) is 3.49. The Labute approximate surface area is 175 Å². The number of nitrogens with zero attached hydrogens (tertiary/aromatic N) is 1. The summed E-state index contributed by atoms with van der Waals surface area (Å²) in [5, 5.41) is 4.00. The fourth-order valence-electron chi connectivity index (χ4n) is 2.49. The van der Waals surface area contributed by atoms with Crippen molar-refractivity contribution < 1.29 is 4.79 Å². The molecule has 3 rings (SSSR count). The summed E-state index contributed by atoms with van der Waals surface area (Å²) in [6, 6.07) is 12.9. The van der Waals surface area contributed by atoms with Crippen molar-refractivity contribution >= 4 is 58.0 Å². The van der Waals surface area contributed by atoms with Crippen LogP contribution in [0.25, 0.3) is 0 Å². The maximum absolute atomic E-state index is 12.7. The lowest BCUT2D eigenvalue weighted by molar-refractivity contribution is 0.102. The molecule has 138 valence electrons. The molecule has 1 amide bonds. The molecule has 4 nitrogen and oxygen atoms in total. The second kappa shape index (κ2) is 8.36. The summed E-state index contributed by atoms with van der Waals surface area (Å²) in [6.45, 7) is 0.130. The van der Waals surface area contributed by atoms with Crippen LogP contribution < -0.4 is 10.9 Å². The minimum Gasteiger partial charge on any atom is -0.319 e. The normalized spacial score (nSPS) is 10.7. The van der Waals surface area contributed by atoms with Crippen LogP contribution in [0.3, 0.4) is 0 Å². The molecule has 2 aromatic carbocycles. The molecular formula is C19H12Cl4N2O2. The average molecular weight is 442 g/mol. The molecule has 0 unspecified atom stereocenters. The van der Waals surface area contributed by atoms with E-state index in [1.165, 1.54) is 10.6 Å². The van der Waals surface area contributed by atoms with Crippen molar-refractivity contribution in [3.63, 3.8) is 0 Å². The molecule has 8 heteroatoms. The van der Waals surface area contributed by atoms with E-state index in [9.17, 15) is 9.59 Å². The Hall–Kier alpha value is -1.98. The number of carbonyl (C=O) groups is 1. The number of nitrogens with one attached hydrogen (secondary N) is 1. The van der Waals surface area contributed by atoms with E-state index in [2.05, 4.69) is 5.32 Å². The highest BCUT2D eigenvalue weighted by atomic mass is 35.5. The number of aromatic nitrogens is 1. The van der Waals surface area contributed by atoms with E-state index < -0.39 is 11.5 Å². The number of hydrogen-bond acceptors (Lipinski definition) is 2. The van der Waals surface area contributed by atoms with E-state index in [0.29, 0.717) is 15.6 Å². The van der Waals surface area contributed by atoms with Crippen LogP contribution >= 0.6 is 46.4 Å². The molecule has 27 heavy (non-hydrogen) atoms. The van der Waals surface area contributed by atoms with Gasteiger partial charge in [-0.2, -0.15) is 0 Å². The van der Waals surface area contributed by atoms with Crippen LogP contribution in [0.2, 0.25) is 20.1 Å². The predicted molar refractivity (Wildman–Crippen MR) is 111 cm³/mol. The molecule has 0 saturated heterocycles. The van der Waals surface area contributed by atoms with Crippen molar-refractivity contribution in [1.29, 1.82) is 0 Å². The Morgan fingerprint density at radius 2 is 1.41 bits per heavy atom. The van der Waals surface area contributed by atoms with Gasteiger partial charge in [-0.3, -0.25) is 9.59 Å². The minimum absolute atomic E-state index is 0.0586. The molecule has 0 aliphatic heterocycles. The average Bonchev–Trinajstić information content (AvgIpc) is 2.62. The van der Waals surface area contributed by atoms with Gasteiger partial charge in [0.1, 0.15) is 5.56 Å². The van der Waals surface area contributed by atoms with Crippen molar-refractivity contribution in [2.45, 2.75) is 6.54 Å². The van der Waals surface area contributed by atoms with E-state index in [-0.39, 0.29) is 27.8 Å². The molecule has 1 heterocycles. The predicted octanol–water partition coefficient (Wildman–Crippen LogP) is 5.76. The zero-order chi connectivity index (χ0) is 19.6. The maximum atomic E-state index is 12.7. The van der Waals surface area contributed by atoms with Crippen LogP contribution in [-0.4, -0.2) is 10.5 Å². The lowest BCUT2D eigenvalue weighted by Crippen LogP contribution is -2.29. The number of para-hydroxylation sites is 1. The summed E-state index contributed by atoms with van der Waals surface area (Å²) < 4.78 is 1.36. The highest BCUT2D eigenvalue weighted by molar-refractivity contribution is 6.40. The Bertz CT molecular complexity index is 1040. The van der Waals surface area contributed by atoms with Crippen molar-refractivity contribution in [1.82, 2.24) is 4.57 Å². The highest BCUT2D eigenvalue weighted by Gasteiger charge is 2.16. The number of halogens is 4. The van der Waals surface area contributed by atoms with Gasteiger partial charge in [-0.1, -0.05) is 58.5 Å². The Kier molecular flexibility index (Phi) is 6.12. The summed E-state index contributed by atoms with van der Waals surface area (Å²) in [6.07, 6.45) is 1.56. The number of pyridine rings is 1. The van der Waals surface area contributed by atoms with Crippen molar-refractivity contribution in [2.75, 3.05) is 5.32 Å². The first kappa shape index (κ1) is 19.8. The van der Waals surface area contributed by atoms with E-state index in [1.807, 2.05) is 0 Å². The summed E-state index contributed by atoms with van der Waals surface area (Å²) in [5.41, 5.74) is 0.287. The number of anilines is 1. The third kappa shape index (κ3) is 4.30. The van der Waals surface area contributed by atoms with Gasteiger partial charge in [0.05, 0.1) is 22.3 Å². The van der Waals surface area contributed by atoms with Crippen molar-refractivity contribution in [2.24, 2.45) is 0 Å². The molecule has 1 aromatic heterocycles. The van der Waals surface area contributed by atoms with E-state index in [1.54, 1.807) is 48.7 Å². The SMILES string of the molecule is O=C(Nc1c(Cl)cccc1Cl)c1cccn(Cc2c(Cl)cccc2Cl)c1=O. The Balaban J connectivity index is 1.93. The number of amides is 1. The number of benzene rings is 2. The van der Waals surface area contributed by atoms with Crippen molar-refractivity contribution in [3.8, 4) is 0 Å². The van der Waals surface area contributed by atoms with Crippen LogP contribution in [0.5, 0.6) is 0 Å². The van der Waals surface area contributed by atoms with Crippen LogP contribution in [0.4, 0.5) is 5.69 Å². The maximum Gasteiger partial charge on any atom is 0.263 e. The summed E-state index contributed by atoms with van der Waals surface area (Å²) in [4.78, 5) is 25.3. The quantitative estimate of drug-likeness (QED) is 0.559. The smallest absolute Gasteiger partial charge is 0.263 e. The molecule has 0 bridgehead atoms. The molecular weight excluding hydrogens is 430 g/mol. The lowest BCUT2D eigenvalue weighted by atomic mass is 10.2. The van der Waals surface area contributed by atoms with Gasteiger partial charge in [-0.25, -0.2) is 0 Å². The van der Waals surface area contributed by atoms with E-state index in [0.717, 1.165) is 0 Å². The number of hydrogen-bond donors (Lipinski definition) is 1. The monoisotopic (exact) mass is 440 g/mol. The van der Waals surface area contributed by atoms with E-state index >= 15 is 0 Å². The topological polar surface area (TPSA) is 51.1 Å². The standard InChI is InChI=1S/C19H12Cl4N2O2/c20-13-5-1-6-14(21)12(13)10-25-9-3-4-11(19(25)27)18(26)24-17-15(22)7-2-8-16(17)23/h1-9H,10H2,(H,24,26). The summed E-state index contributed by atoms with van der Waals surface area (Å²) >= 11 is 24.5. The third-order valence-electron chi connectivity index (χ3n) is 3.86. The van der Waals surface area contributed by atoms with Gasteiger partial charge < -0.3 is 9.88 Å². The Morgan fingerprint density at radius 1 is 0.852 bits per heavy atom. The van der Waals surface area contributed by atoms with Crippen LogP contribution in [-0.2, 0) is 6.54 Å². The van der Waals surface area contributed by atoms with Gasteiger partial charge in [-0.05, 0) is 36.4 Å². The van der Waals surface area contributed by atoms with Crippen LogP contribution in [0.1, 0.15) is 15.9 Å². The minimum atomic E-state index is -0.616. The van der Waals surface area contributed by atoms with Gasteiger partial charge in [-0.15, -0.1) is 0 Å². The fraction of sp³-hybridized carbons (Fsp3) is 0.0526. The van der Waals surface area contributed by atoms with Gasteiger partial charge >= 0.3 is 0 Å². The largest absolute Gasteiger partial charge is 0.319 e.